The van der Waals surface area contributed by atoms with Crippen molar-refractivity contribution in [3.63, 3.8) is 0 Å². The Morgan fingerprint density at radius 2 is 2.00 bits per heavy atom. The Balaban J connectivity index is 2.30. The Kier molecular flexibility index (Phi) is 5.87. The molecular formula is C11H24N4O2S. The molecule has 0 atom stereocenters. The van der Waals surface area contributed by atoms with Crippen molar-refractivity contribution in [2.75, 3.05) is 12.3 Å². The first-order valence-electron chi connectivity index (χ1n) is 6.45. The molecule has 0 radical (unpaired) electrons. The number of sulfonamides is 1. The molecule has 1 fully saturated rings. The van der Waals surface area contributed by atoms with Gasteiger partial charge < -0.3 is 11.1 Å². The van der Waals surface area contributed by atoms with Crippen molar-refractivity contribution in [1.29, 1.82) is 0 Å². The van der Waals surface area contributed by atoms with Gasteiger partial charge in [0.15, 0.2) is 5.96 Å². The normalized spacial score (nSPS) is 18.5. The minimum Gasteiger partial charge on any atom is -0.370 e. The predicted octanol–water partition coefficient (Wildman–Crippen LogP) is 0.161. The summed E-state index contributed by atoms with van der Waals surface area (Å²) in [6.07, 6.45) is 4.67. The summed E-state index contributed by atoms with van der Waals surface area (Å²) in [6, 6.07) is 0.312. The third kappa shape index (κ3) is 6.20. The molecule has 18 heavy (non-hydrogen) atoms. The topological polar surface area (TPSA) is 96.6 Å². The number of hydrogen-bond acceptors (Lipinski definition) is 3. The van der Waals surface area contributed by atoms with E-state index in [0.717, 1.165) is 12.8 Å². The van der Waals surface area contributed by atoms with Crippen LogP contribution in [0.1, 0.15) is 39.5 Å². The van der Waals surface area contributed by atoms with Crippen LogP contribution in [0.2, 0.25) is 0 Å². The Hall–Kier alpha value is -0.820. The minimum atomic E-state index is -3.24. The summed E-state index contributed by atoms with van der Waals surface area (Å²) >= 11 is 0. The third-order valence-corrected chi connectivity index (χ3v) is 4.32. The van der Waals surface area contributed by atoms with Crippen molar-refractivity contribution in [2.45, 2.75) is 51.6 Å². The standard InChI is InChI=1S/C11H24N4O2S/c1-9(2)15-18(16,17)8-7-13-11(12)14-10-5-3-4-6-10/h9-10,15H,3-8H2,1-2H3,(H3,12,13,14). The minimum absolute atomic E-state index is 0.0295. The van der Waals surface area contributed by atoms with Gasteiger partial charge in [0.05, 0.1) is 12.3 Å². The molecule has 0 aliphatic heterocycles. The van der Waals surface area contributed by atoms with Crippen LogP contribution >= 0.6 is 0 Å². The van der Waals surface area contributed by atoms with Crippen LogP contribution in [0.25, 0.3) is 0 Å². The van der Waals surface area contributed by atoms with Gasteiger partial charge in [-0.2, -0.15) is 0 Å². The van der Waals surface area contributed by atoms with E-state index in [2.05, 4.69) is 15.0 Å². The molecule has 1 saturated carbocycles. The summed E-state index contributed by atoms with van der Waals surface area (Å²) in [5.74, 6) is 0.319. The van der Waals surface area contributed by atoms with Crippen molar-refractivity contribution in [3.05, 3.63) is 0 Å². The van der Waals surface area contributed by atoms with Crippen molar-refractivity contribution in [2.24, 2.45) is 10.7 Å². The SMILES string of the molecule is CC(C)NS(=O)(=O)CCN=C(N)NC1CCCC1. The molecule has 1 rings (SSSR count). The Bertz CT molecular complexity index is 373. The molecule has 0 spiro atoms. The molecular weight excluding hydrogens is 252 g/mol. The first-order valence-corrected chi connectivity index (χ1v) is 8.11. The van der Waals surface area contributed by atoms with E-state index < -0.39 is 10.0 Å². The van der Waals surface area contributed by atoms with Gasteiger partial charge in [0.1, 0.15) is 0 Å². The number of hydrogen-bond donors (Lipinski definition) is 3. The highest BCUT2D eigenvalue weighted by molar-refractivity contribution is 7.89. The first-order chi connectivity index (χ1) is 8.39. The van der Waals surface area contributed by atoms with E-state index in [1.807, 2.05) is 0 Å². The maximum atomic E-state index is 11.5. The fourth-order valence-corrected chi connectivity index (χ4v) is 3.20. The highest BCUT2D eigenvalue weighted by Gasteiger charge is 2.15. The fraction of sp³-hybridized carbons (Fsp3) is 0.909. The Morgan fingerprint density at radius 1 is 1.39 bits per heavy atom. The molecule has 0 amide bonds. The predicted molar refractivity (Wildman–Crippen MR) is 73.9 cm³/mol. The second-order valence-corrected chi connectivity index (χ2v) is 6.86. The maximum Gasteiger partial charge on any atom is 0.213 e. The third-order valence-electron chi connectivity index (χ3n) is 2.76. The molecule has 4 N–H and O–H groups in total. The van der Waals surface area contributed by atoms with E-state index in [-0.39, 0.29) is 18.3 Å². The molecule has 1 aliphatic rings. The second-order valence-electron chi connectivity index (χ2n) is 4.98. The number of nitrogens with two attached hydrogens (primary N) is 1. The molecule has 0 aromatic carbocycles. The average molecular weight is 276 g/mol. The lowest BCUT2D eigenvalue weighted by Crippen LogP contribution is -2.39. The number of guanidine groups is 1. The molecule has 6 nitrogen and oxygen atoms in total. The summed E-state index contributed by atoms with van der Waals surface area (Å²) < 4.78 is 25.6. The van der Waals surface area contributed by atoms with E-state index in [9.17, 15) is 8.42 Å². The lowest BCUT2D eigenvalue weighted by molar-refractivity contribution is 0.569. The molecule has 1 aliphatic carbocycles. The smallest absolute Gasteiger partial charge is 0.213 e. The molecule has 0 unspecified atom stereocenters. The highest BCUT2D eigenvalue weighted by Crippen LogP contribution is 2.17. The lowest BCUT2D eigenvalue weighted by atomic mass is 10.3. The molecule has 0 bridgehead atoms. The van der Waals surface area contributed by atoms with Crippen LogP contribution in [0.5, 0.6) is 0 Å². The van der Waals surface area contributed by atoms with Crippen LogP contribution in [-0.4, -0.2) is 38.8 Å². The summed E-state index contributed by atoms with van der Waals surface area (Å²) in [5, 5.41) is 3.12. The Morgan fingerprint density at radius 3 is 2.56 bits per heavy atom. The summed E-state index contributed by atoms with van der Waals surface area (Å²) in [6.45, 7) is 3.77. The van der Waals surface area contributed by atoms with Crippen molar-refractivity contribution in [1.82, 2.24) is 10.0 Å². The van der Waals surface area contributed by atoms with Gasteiger partial charge in [-0.05, 0) is 26.7 Å². The molecule has 7 heteroatoms. The van der Waals surface area contributed by atoms with E-state index in [0.29, 0.717) is 12.0 Å². The number of aliphatic imine (C=N–C) groups is 1. The van der Waals surface area contributed by atoms with Crippen LogP contribution in [0.4, 0.5) is 0 Å². The van der Waals surface area contributed by atoms with Gasteiger partial charge in [-0.25, -0.2) is 13.1 Å². The quantitative estimate of drug-likeness (QED) is 0.475. The van der Waals surface area contributed by atoms with Gasteiger partial charge in [0, 0.05) is 12.1 Å². The van der Waals surface area contributed by atoms with Crippen LogP contribution in [0, 0.1) is 0 Å². The van der Waals surface area contributed by atoms with E-state index in [1.165, 1.54) is 12.8 Å². The number of rotatable bonds is 6. The van der Waals surface area contributed by atoms with Crippen LogP contribution in [0.15, 0.2) is 4.99 Å². The molecule has 0 aromatic rings. The zero-order chi connectivity index (χ0) is 13.6. The fourth-order valence-electron chi connectivity index (χ4n) is 2.03. The molecule has 0 saturated heterocycles. The van der Waals surface area contributed by atoms with Gasteiger partial charge in [0.25, 0.3) is 0 Å². The summed E-state index contributed by atoms with van der Waals surface area (Å²) in [7, 11) is -3.24. The molecule has 0 heterocycles. The molecule has 106 valence electrons. The average Bonchev–Trinajstić information content (AvgIpc) is 2.67. The highest BCUT2D eigenvalue weighted by atomic mass is 32.2. The lowest BCUT2D eigenvalue weighted by Gasteiger charge is -2.12. The molecule has 0 aromatic heterocycles. The van der Waals surface area contributed by atoms with E-state index >= 15 is 0 Å². The van der Waals surface area contributed by atoms with Gasteiger partial charge in [-0.1, -0.05) is 12.8 Å². The van der Waals surface area contributed by atoms with Gasteiger partial charge in [-0.15, -0.1) is 0 Å². The Labute approximate surface area is 109 Å². The summed E-state index contributed by atoms with van der Waals surface area (Å²) in [4.78, 5) is 4.04. The zero-order valence-corrected chi connectivity index (χ0v) is 12.0. The number of nitrogens with one attached hydrogen (secondary N) is 2. The van der Waals surface area contributed by atoms with E-state index in [1.54, 1.807) is 13.8 Å². The van der Waals surface area contributed by atoms with Gasteiger partial charge in [-0.3, -0.25) is 4.99 Å². The maximum absolute atomic E-state index is 11.5. The largest absolute Gasteiger partial charge is 0.370 e. The number of nitrogens with zero attached hydrogens (tertiary/aromatic N) is 1. The monoisotopic (exact) mass is 276 g/mol. The van der Waals surface area contributed by atoms with Crippen LogP contribution in [-0.2, 0) is 10.0 Å². The van der Waals surface area contributed by atoms with E-state index in [4.69, 9.17) is 5.73 Å². The second kappa shape index (κ2) is 6.94. The van der Waals surface area contributed by atoms with Crippen LogP contribution < -0.4 is 15.8 Å². The van der Waals surface area contributed by atoms with Crippen molar-refractivity contribution >= 4 is 16.0 Å². The van der Waals surface area contributed by atoms with Crippen molar-refractivity contribution in [3.8, 4) is 0 Å². The van der Waals surface area contributed by atoms with Crippen molar-refractivity contribution < 1.29 is 8.42 Å². The van der Waals surface area contributed by atoms with Gasteiger partial charge >= 0.3 is 0 Å². The summed E-state index contributed by atoms with van der Waals surface area (Å²) in [5.41, 5.74) is 5.71. The van der Waals surface area contributed by atoms with Crippen LogP contribution in [0.3, 0.4) is 0 Å². The first kappa shape index (κ1) is 15.2. The zero-order valence-electron chi connectivity index (χ0n) is 11.1. The van der Waals surface area contributed by atoms with Gasteiger partial charge in [0.2, 0.25) is 10.0 Å².